The highest BCUT2D eigenvalue weighted by molar-refractivity contribution is 5.84. The van der Waals surface area contributed by atoms with Crippen molar-refractivity contribution in [3.8, 4) is 0 Å². The zero-order chi connectivity index (χ0) is 21.1. The second kappa shape index (κ2) is 11.9. The van der Waals surface area contributed by atoms with Crippen LogP contribution in [0.3, 0.4) is 0 Å². The summed E-state index contributed by atoms with van der Waals surface area (Å²) < 4.78 is 0. The lowest BCUT2D eigenvalue weighted by atomic mass is 9.96. The Morgan fingerprint density at radius 1 is 1.00 bits per heavy atom. The maximum Gasteiger partial charge on any atom is 0.315 e. The molecule has 0 atom stereocenters. The third kappa shape index (κ3) is 8.85. The van der Waals surface area contributed by atoms with Crippen molar-refractivity contribution < 1.29 is 14.4 Å². The summed E-state index contributed by atoms with van der Waals surface area (Å²) in [6, 6.07) is 6.01. The number of rotatable bonds is 8. The predicted molar refractivity (Wildman–Crippen MR) is 113 cm³/mol. The molecule has 1 fully saturated rings. The van der Waals surface area contributed by atoms with E-state index in [1.54, 1.807) is 0 Å². The fourth-order valence-corrected chi connectivity index (χ4v) is 3.37. The molecule has 5 N–H and O–H groups in total. The van der Waals surface area contributed by atoms with Gasteiger partial charge in [-0.05, 0) is 44.7 Å². The molecular formula is C21H33N5O3. The van der Waals surface area contributed by atoms with Crippen molar-refractivity contribution in [1.29, 1.82) is 0 Å². The van der Waals surface area contributed by atoms with Gasteiger partial charge in [0.25, 0.3) is 5.91 Å². The largest absolute Gasteiger partial charge is 0.376 e. The number of anilines is 1. The van der Waals surface area contributed by atoms with Crippen LogP contribution in [-0.2, 0) is 9.59 Å². The van der Waals surface area contributed by atoms with Crippen molar-refractivity contribution in [1.82, 2.24) is 21.5 Å². The van der Waals surface area contributed by atoms with Gasteiger partial charge in [0.15, 0.2) is 0 Å². The molecule has 0 aliphatic heterocycles. The quantitative estimate of drug-likeness (QED) is 0.339. The van der Waals surface area contributed by atoms with Crippen LogP contribution in [0.2, 0.25) is 0 Å². The van der Waals surface area contributed by atoms with Crippen molar-refractivity contribution >= 4 is 23.5 Å². The van der Waals surface area contributed by atoms with E-state index < -0.39 is 0 Å². The van der Waals surface area contributed by atoms with Crippen LogP contribution in [-0.4, -0.2) is 37.0 Å². The van der Waals surface area contributed by atoms with Gasteiger partial charge in [-0.1, -0.05) is 37.0 Å². The van der Waals surface area contributed by atoms with E-state index in [4.69, 9.17) is 0 Å². The summed E-state index contributed by atoms with van der Waals surface area (Å²) in [5, 5.41) is 8.78. The molecular weight excluding hydrogens is 370 g/mol. The van der Waals surface area contributed by atoms with Crippen molar-refractivity contribution in [3.05, 3.63) is 29.3 Å². The molecule has 160 valence electrons. The Hall–Kier alpha value is -2.77. The standard InChI is InChI=1S/C21H33N5O3/c1-15-10-11-18(16(2)13-15)23-14-20(28)26-25-19(27)9-6-12-22-21(29)24-17-7-4-3-5-8-17/h10-11,13,17,23H,3-9,12,14H2,1-2H3,(H,25,27)(H,26,28)(H2,22,24,29). The number of amides is 4. The van der Waals surface area contributed by atoms with Crippen molar-refractivity contribution in [2.45, 2.75) is 64.8 Å². The van der Waals surface area contributed by atoms with Crippen LogP contribution in [0.4, 0.5) is 10.5 Å². The first-order valence-electron chi connectivity index (χ1n) is 10.4. The van der Waals surface area contributed by atoms with Crippen LogP contribution < -0.4 is 26.8 Å². The molecule has 29 heavy (non-hydrogen) atoms. The van der Waals surface area contributed by atoms with Gasteiger partial charge < -0.3 is 16.0 Å². The Morgan fingerprint density at radius 2 is 1.72 bits per heavy atom. The van der Waals surface area contributed by atoms with Crippen molar-refractivity contribution in [2.24, 2.45) is 0 Å². The Balaban J connectivity index is 1.52. The summed E-state index contributed by atoms with van der Waals surface area (Å²) in [6.07, 6.45) is 6.36. The van der Waals surface area contributed by atoms with Gasteiger partial charge in [0.1, 0.15) is 0 Å². The zero-order valence-corrected chi connectivity index (χ0v) is 17.4. The lowest BCUT2D eigenvalue weighted by Crippen LogP contribution is -2.45. The molecule has 0 bridgehead atoms. The Morgan fingerprint density at radius 3 is 2.45 bits per heavy atom. The molecule has 1 aliphatic carbocycles. The fraction of sp³-hybridized carbons (Fsp3) is 0.571. The number of urea groups is 1. The van der Waals surface area contributed by atoms with E-state index in [9.17, 15) is 14.4 Å². The SMILES string of the molecule is Cc1ccc(NCC(=O)NNC(=O)CCCNC(=O)NC2CCCCC2)c(C)c1. The Labute approximate surface area is 172 Å². The molecule has 8 heteroatoms. The van der Waals surface area contributed by atoms with Gasteiger partial charge in [0, 0.05) is 24.7 Å². The molecule has 0 radical (unpaired) electrons. The predicted octanol–water partition coefficient (Wildman–Crippen LogP) is 2.27. The van der Waals surface area contributed by atoms with Gasteiger partial charge in [0.05, 0.1) is 6.54 Å². The first-order valence-corrected chi connectivity index (χ1v) is 10.4. The summed E-state index contributed by atoms with van der Waals surface area (Å²) in [6.45, 7) is 4.46. The minimum Gasteiger partial charge on any atom is -0.376 e. The van der Waals surface area contributed by atoms with Crippen LogP contribution in [0.5, 0.6) is 0 Å². The first-order chi connectivity index (χ1) is 13.9. The molecule has 0 heterocycles. The van der Waals surface area contributed by atoms with Gasteiger partial charge in [0.2, 0.25) is 5.91 Å². The van der Waals surface area contributed by atoms with Gasteiger partial charge >= 0.3 is 6.03 Å². The van der Waals surface area contributed by atoms with Crippen LogP contribution in [0.25, 0.3) is 0 Å². The molecule has 1 aliphatic rings. The number of carbonyl (C=O) groups excluding carboxylic acids is 3. The number of aryl methyl sites for hydroxylation is 2. The van der Waals surface area contributed by atoms with Crippen LogP contribution in [0, 0.1) is 13.8 Å². The van der Waals surface area contributed by atoms with E-state index in [1.807, 2.05) is 32.0 Å². The number of carbonyl (C=O) groups is 3. The number of hydrogen-bond acceptors (Lipinski definition) is 4. The molecule has 0 saturated heterocycles. The average Bonchev–Trinajstić information content (AvgIpc) is 2.70. The third-order valence-electron chi connectivity index (χ3n) is 4.97. The molecule has 0 spiro atoms. The molecule has 1 aromatic rings. The monoisotopic (exact) mass is 403 g/mol. The number of hydrazine groups is 1. The maximum atomic E-state index is 11.9. The lowest BCUT2D eigenvalue weighted by molar-refractivity contribution is -0.128. The molecule has 4 amide bonds. The third-order valence-corrected chi connectivity index (χ3v) is 4.97. The van der Waals surface area contributed by atoms with E-state index in [1.165, 1.54) is 6.42 Å². The minimum absolute atomic E-state index is 0.0626. The number of benzene rings is 1. The molecule has 1 saturated carbocycles. The van der Waals surface area contributed by atoms with Gasteiger partial charge in [-0.15, -0.1) is 0 Å². The molecule has 0 unspecified atom stereocenters. The maximum absolute atomic E-state index is 11.9. The van der Waals surface area contributed by atoms with E-state index in [0.29, 0.717) is 13.0 Å². The topological polar surface area (TPSA) is 111 Å². The number of nitrogens with one attached hydrogen (secondary N) is 5. The second-order valence-electron chi connectivity index (χ2n) is 7.61. The fourth-order valence-electron chi connectivity index (χ4n) is 3.37. The lowest BCUT2D eigenvalue weighted by Gasteiger charge is -2.22. The highest BCUT2D eigenvalue weighted by Crippen LogP contribution is 2.17. The summed E-state index contributed by atoms with van der Waals surface area (Å²) >= 11 is 0. The molecule has 8 nitrogen and oxygen atoms in total. The summed E-state index contributed by atoms with van der Waals surface area (Å²) in [7, 11) is 0. The molecule has 1 aromatic carbocycles. The average molecular weight is 404 g/mol. The summed E-state index contributed by atoms with van der Waals surface area (Å²) in [5.74, 6) is -0.623. The zero-order valence-electron chi connectivity index (χ0n) is 17.4. The molecule has 2 rings (SSSR count). The highest BCUT2D eigenvalue weighted by Gasteiger charge is 2.15. The Bertz CT molecular complexity index is 702. The first kappa shape index (κ1) is 22.5. The molecule has 0 aromatic heterocycles. The van der Waals surface area contributed by atoms with Crippen LogP contribution in [0.15, 0.2) is 18.2 Å². The van der Waals surface area contributed by atoms with Gasteiger partial charge in [-0.3, -0.25) is 20.4 Å². The van der Waals surface area contributed by atoms with Gasteiger partial charge in [-0.25, -0.2) is 4.79 Å². The number of hydrogen-bond donors (Lipinski definition) is 5. The Kier molecular flexibility index (Phi) is 9.27. The second-order valence-corrected chi connectivity index (χ2v) is 7.61. The summed E-state index contributed by atoms with van der Waals surface area (Å²) in [5.41, 5.74) is 7.88. The van der Waals surface area contributed by atoms with Crippen molar-refractivity contribution in [3.63, 3.8) is 0 Å². The summed E-state index contributed by atoms with van der Waals surface area (Å²) in [4.78, 5) is 35.5. The smallest absolute Gasteiger partial charge is 0.315 e. The highest BCUT2D eigenvalue weighted by atomic mass is 16.2. The van der Waals surface area contributed by atoms with Gasteiger partial charge in [-0.2, -0.15) is 0 Å². The van der Waals surface area contributed by atoms with E-state index in [0.717, 1.165) is 42.5 Å². The van der Waals surface area contributed by atoms with Crippen molar-refractivity contribution in [2.75, 3.05) is 18.4 Å². The van der Waals surface area contributed by atoms with E-state index in [2.05, 4.69) is 26.8 Å². The minimum atomic E-state index is -0.330. The van der Waals surface area contributed by atoms with E-state index >= 15 is 0 Å². The van der Waals surface area contributed by atoms with Crippen LogP contribution >= 0.6 is 0 Å². The normalized spacial score (nSPS) is 14.0. The van der Waals surface area contributed by atoms with E-state index in [-0.39, 0.29) is 36.9 Å². The van der Waals surface area contributed by atoms with Crippen LogP contribution in [0.1, 0.15) is 56.1 Å².